The second-order valence-corrected chi connectivity index (χ2v) is 5.34. The molecule has 0 atom stereocenters. The maximum atomic E-state index is 14.0. The average molecular weight is 356 g/mol. The number of phenols is 1. The van der Waals surface area contributed by atoms with E-state index in [1.165, 1.54) is 6.07 Å². The SMILES string of the molecule is CSc1nc(-c2cc(Br)c(O)cc2F)c(C#N)c(=O)[nH]1. The lowest BCUT2D eigenvalue weighted by Gasteiger charge is -2.07. The van der Waals surface area contributed by atoms with Gasteiger partial charge in [0.2, 0.25) is 0 Å². The molecule has 0 aliphatic rings. The molecule has 0 amide bonds. The fourth-order valence-electron chi connectivity index (χ4n) is 1.57. The first-order valence-corrected chi connectivity index (χ1v) is 7.26. The molecule has 2 N–H and O–H groups in total. The highest BCUT2D eigenvalue weighted by Crippen LogP contribution is 2.32. The van der Waals surface area contributed by atoms with Crippen LogP contribution in [-0.2, 0) is 0 Å². The Kier molecular flexibility index (Phi) is 4.11. The molecular formula is C12H7BrFN3O2S. The van der Waals surface area contributed by atoms with Gasteiger partial charge < -0.3 is 10.1 Å². The van der Waals surface area contributed by atoms with Gasteiger partial charge in [-0.2, -0.15) is 5.26 Å². The van der Waals surface area contributed by atoms with Crippen molar-refractivity contribution in [3.63, 3.8) is 0 Å². The highest BCUT2D eigenvalue weighted by atomic mass is 79.9. The van der Waals surface area contributed by atoms with Crippen LogP contribution in [0.3, 0.4) is 0 Å². The van der Waals surface area contributed by atoms with E-state index in [-0.39, 0.29) is 32.2 Å². The average Bonchev–Trinajstić information content (AvgIpc) is 2.42. The van der Waals surface area contributed by atoms with Crippen LogP contribution in [0.1, 0.15) is 5.56 Å². The van der Waals surface area contributed by atoms with Crippen LogP contribution >= 0.6 is 27.7 Å². The molecule has 0 saturated heterocycles. The molecule has 1 aromatic carbocycles. The Bertz CT molecular complexity index is 785. The number of benzene rings is 1. The summed E-state index contributed by atoms with van der Waals surface area (Å²) in [7, 11) is 0. The van der Waals surface area contributed by atoms with Crippen LogP contribution in [0.4, 0.5) is 4.39 Å². The van der Waals surface area contributed by atoms with Crippen molar-refractivity contribution in [2.45, 2.75) is 5.16 Å². The number of hydrogen-bond donors (Lipinski definition) is 2. The van der Waals surface area contributed by atoms with Crippen LogP contribution in [0, 0.1) is 17.1 Å². The fourth-order valence-corrected chi connectivity index (χ4v) is 2.29. The predicted molar refractivity (Wildman–Crippen MR) is 76.1 cm³/mol. The zero-order valence-corrected chi connectivity index (χ0v) is 12.5. The normalized spacial score (nSPS) is 10.3. The summed E-state index contributed by atoms with van der Waals surface area (Å²) in [6.07, 6.45) is 1.69. The summed E-state index contributed by atoms with van der Waals surface area (Å²) in [6, 6.07) is 3.88. The molecule has 2 rings (SSSR count). The highest BCUT2D eigenvalue weighted by molar-refractivity contribution is 9.10. The smallest absolute Gasteiger partial charge is 0.270 e. The first-order chi connectivity index (χ1) is 9.47. The van der Waals surface area contributed by atoms with Crippen molar-refractivity contribution in [3.8, 4) is 23.1 Å². The van der Waals surface area contributed by atoms with E-state index in [0.717, 1.165) is 17.8 Å². The van der Waals surface area contributed by atoms with Gasteiger partial charge in [0.25, 0.3) is 5.56 Å². The molecule has 2 aromatic rings. The van der Waals surface area contributed by atoms with Gasteiger partial charge in [0.05, 0.1) is 10.2 Å². The molecular weight excluding hydrogens is 349 g/mol. The van der Waals surface area contributed by atoms with Crippen molar-refractivity contribution in [2.75, 3.05) is 6.26 Å². The maximum Gasteiger partial charge on any atom is 0.270 e. The van der Waals surface area contributed by atoms with Crippen molar-refractivity contribution in [2.24, 2.45) is 0 Å². The minimum absolute atomic E-state index is 0.0346. The molecule has 1 aromatic heterocycles. The molecule has 0 aliphatic heterocycles. The van der Waals surface area contributed by atoms with Crippen molar-refractivity contribution >= 4 is 27.7 Å². The third kappa shape index (κ3) is 2.55. The summed E-state index contributed by atoms with van der Waals surface area (Å²) in [6.45, 7) is 0. The lowest BCUT2D eigenvalue weighted by molar-refractivity contribution is 0.466. The van der Waals surface area contributed by atoms with Gasteiger partial charge in [-0.15, -0.1) is 0 Å². The second kappa shape index (κ2) is 5.64. The van der Waals surface area contributed by atoms with E-state index in [9.17, 15) is 14.3 Å². The van der Waals surface area contributed by atoms with Crippen LogP contribution in [-0.4, -0.2) is 21.3 Å². The van der Waals surface area contributed by atoms with Crippen molar-refractivity contribution in [1.29, 1.82) is 5.26 Å². The van der Waals surface area contributed by atoms with Crippen molar-refractivity contribution in [3.05, 3.63) is 38.3 Å². The zero-order valence-electron chi connectivity index (χ0n) is 10.1. The number of H-pyrrole nitrogens is 1. The number of thioether (sulfide) groups is 1. The number of aromatic nitrogens is 2. The molecule has 0 saturated carbocycles. The molecule has 0 spiro atoms. The Morgan fingerprint density at radius 2 is 2.25 bits per heavy atom. The number of phenolic OH excluding ortho intramolecular Hbond substituents is 1. The third-order valence-corrected chi connectivity index (χ3v) is 3.71. The van der Waals surface area contributed by atoms with E-state index in [4.69, 9.17) is 5.26 Å². The van der Waals surface area contributed by atoms with Crippen LogP contribution in [0.5, 0.6) is 5.75 Å². The van der Waals surface area contributed by atoms with Crippen LogP contribution in [0.2, 0.25) is 0 Å². The molecule has 8 heteroatoms. The maximum absolute atomic E-state index is 14.0. The topological polar surface area (TPSA) is 89.8 Å². The molecule has 102 valence electrons. The summed E-state index contributed by atoms with van der Waals surface area (Å²) >= 11 is 4.22. The molecule has 20 heavy (non-hydrogen) atoms. The van der Waals surface area contributed by atoms with Gasteiger partial charge in [-0.3, -0.25) is 4.79 Å². The number of aromatic hydroxyl groups is 1. The molecule has 0 fully saturated rings. The van der Waals surface area contributed by atoms with Gasteiger partial charge >= 0.3 is 0 Å². The number of halogens is 2. The van der Waals surface area contributed by atoms with Crippen LogP contribution in [0.15, 0.2) is 26.6 Å². The van der Waals surface area contributed by atoms with E-state index in [0.29, 0.717) is 0 Å². The number of nitrogens with one attached hydrogen (secondary N) is 1. The summed E-state index contributed by atoms with van der Waals surface area (Å²) in [5.74, 6) is -1.05. The highest BCUT2D eigenvalue weighted by Gasteiger charge is 2.18. The largest absolute Gasteiger partial charge is 0.507 e. The van der Waals surface area contributed by atoms with Crippen molar-refractivity contribution < 1.29 is 9.50 Å². The Hall–Kier alpha value is -1.85. The zero-order chi connectivity index (χ0) is 14.9. The predicted octanol–water partition coefficient (Wildman–Crippen LogP) is 2.64. The van der Waals surface area contributed by atoms with E-state index < -0.39 is 11.4 Å². The fraction of sp³-hybridized carbons (Fsp3) is 0.0833. The lowest BCUT2D eigenvalue weighted by atomic mass is 10.1. The van der Waals surface area contributed by atoms with Gasteiger partial charge in [0.15, 0.2) is 5.16 Å². The molecule has 0 bridgehead atoms. The van der Waals surface area contributed by atoms with Gasteiger partial charge in [0, 0.05) is 11.6 Å². The van der Waals surface area contributed by atoms with E-state index >= 15 is 0 Å². The Labute approximate surface area is 125 Å². The number of nitrogens with zero attached hydrogens (tertiary/aromatic N) is 2. The third-order valence-electron chi connectivity index (χ3n) is 2.49. The van der Waals surface area contributed by atoms with E-state index in [1.807, 2.05) is 0 Å². The quantitative estimate of drug-likeness (QED) is 0.638. The first-order valence-electron chi connectivity index (χ1n) is 5.24. The van der Waals surface area contributed by atoms with Crippen molar-refractivity contribution in [1.82, 2.24) is 9.97 Å². The minimum atomic E-state index is -0.771. The number of nitriles is 1. The van der Waals surface area contributed by atoms with Crippen LogP contribution in [0.25, 0.3) is 11.3 Å². The Balaban J connectivity index is 2.82. The van der Waals surface area contributed by atoms with Gasteiger partial charge in [0.1, 0.15) is 23.2 Å². The molecule has 0 radical (unpaired) electrons. The standard InChI is InChI=1S/C12H7BrFN3O2S/c1-20-12-16-10(6(4-15)11(19)17-12)5-2-7(13)9(18)3-8(5)14/h2-3,18H,1H3,(H,16,17,19). The van der Waals surface area contributed by atoms with E-state index in [2.05, 4.69) is 25.9 Å². The lowest BCUT2D eigenvalue weighted by Crippen LogP contribution is -2.15. The molecule has 1 heterocycles. The summed E-state index contributed by atoms with van der Waals surface area (Å²) in [4.78, 5) is 18.3. The molecule has 0 aliphatic carbocycles. The van der Waals surface area contributed by atoms with Gasteiger partial charge in [-0.05, 0) is 28.3 Å². The number of rotatable bonds is 2. The van der Waals surface area contributed by atoms with Gasteiger partial charge in [-0.25, -0.2) is 9.37 Å². The first kappa shape index (κ1) is 14.6. The summed E-state index contributed by atoms with van der Waals surface area (Å²) in [5, 5.41) is 18.7. The minimum Gasteiger partial charge on any atom is -0.507 e. The molecule has 5 nitrogen and oxygen atoms in total. The summed E-state index contributed by atoms with van der Waals surface area (Å²) in [5.41, 5.74) is -1.00. The Morgan fingerprint density at radius 3 is 2.85 bits per heavy atom. The van der Waals surface area contributed by atoms with Crippen LogP contribution < -0.4 is 5.56 Å². The Morgan fingerprint density at radius 1 is 1.55 bits per heavy atom. The second-order valence-electron chi connectivity index (χ2n) is 3.69. The molecule has 0 unspecified atom stereocenters. The van der Waals surface area contributed by atoms with Gasteiger partial charge in [-0.1, -0.05) is 11.8 Å². The summed E-state index contributed by atoms with van der Waals surface area (Å²) < 4.78 is 14.2. The number of aromatic amines is 1. The van der Waals surface area contributed by atoms with E-state index in [1.54, 1.807) is 12.3 Å². The monoisotopic (exact) mass is 355 g/mol. The number of hydrogen-bond acceptors (Lipinski definition) is 5.